The minimum atomic E-state index is -0.271. The Labute approximate surface area is 166 Å². The molecule has 1 saturated heterocycles. The topological polar surface area (TPSA) is 46.6 Å². The number of rotatable bonds is 16. The molecule has 0 atom stereocenters. The Balaban J connectivity index is 1.75. The van der Waals surface area contributed by atoms with Crippen LogP contribution in [-0.2, 0) is 14.3 Å². The maximum atomic E-state index is 11.5. The number of allylic oxidation sites excluding steroid dienone is 1. The number of ether oxygens (including phenoxy) is 1. The zero-order valence-electron chi connectivity index (χ0n) is 17.3. The third-order valence-electron chi connectivity index (χ3n) is 4.99. The second kappa shape index (κ2) is 15.5. The standard InChI is InChI=1S/C23H39NO3/c1-21(2)23(26)27-20-15-13-11-9-7-5-3-4-6-8-10-12-14-18-24-19-16-17-22(24)25/h14,18H,1,3-13,15-17,19-20H2,2H3. The van der Waals surface area contributed by atoms with E-state index in [4.69, 9.17) is 4.74 Å². The fourth-order valence-corrected chi connectivity index (χ4v) is 3.27. The van der Waals surface area contributed by atoms with Crippen molar-refractivity contribution in [1.82, 2.24) is 4.90 Å². The van der Waals surface area contributed by atoms with Crippen molar-refractivity contribution in [1.29, 1.82) is 0 Å². The second-order valence-corrected chi connectivity index (χ2v) is 7.67. The van der Waals surface area contributed by atoms with Gasteiger partial charge in [0.15, 0.2) is 0 Å². The summed E-state index contributed by atoms with van der Waals surface area (Å²) < 4.78 is 5.08. The van der Waals surface area contributed by atoms with Crippen LogP contribution >= 0.6 is 0 Å². The van der Waals surface area contributed by atoms with Gasteiger partial charge >= 0.3 is 5.97 Å². The molecule has 0 saturated carbocycles. The average molecular weight is 378 g/mol. The summed E-state index contributed by atoms with van der Waals surface area (Å²) in [5.41, 5.74) is 0.477. The van der Waals surface area contributed by atoms with Crippen LogP contribution in [0.2, 0.25) is 0 Å². The summed E-state index contributed by atoms with van der Waals surface area (Å²) in [4.78, 5) is 24.5. The maximum Gasteiger partial charge on any atom is 0.333 e. The van der Waals surface area contributed by atoms with Gasteiger partial charge in [0, 0.05) is 24.7 Å². The van der Waals surface area contributed by atoms with Gasteiger partial charge in [0.2, 0.25) is 5.91 Å². The van der Waals surface area contributed by atoms with E-state index in [0.29, 0.717) is 12.2 Å². The van der Waals surface area contributed by atoms with Gasteiger partial charge < -0.3 is 9.64 Å². The number of hydrogen-bond acceptors (Lipinski definition) is 3. The van der Waals surface area contributed by atoms with Gasteiger partial charge in [0.1, 0.15) is 0 Å². The van der Waals surface area contributed by atoms with Gasteiger partial charge in [-0.3, -0.25) is 4.79 Å². The van der Waals surface area contributed by atoms with Gasteiger partial charge in [0.05, 0.1) is 6.61 Å². The van der Waals surface area contributed by atoms with E-state index in [1.807, 2.05) is 11.1 Å². The molecule has 1 aliphatic rings. The van der Waals surface area contributed by atoms with Gasteiger partial charge in [-0.2, -0.15) is 0 Å². The van der Waals surface area contributed by atoms with Crippen molar-refractivity contribution < 1.29 is 14.3 Å². The number of amides is 1. The molecule has 0 unspecified atom stereocenters. The summed E-state index contributed by atoms with van der Waals surface area (Å²) in [6.45, 7) is 6.67. The zero-order valence-corrected chi connectivity index (χ0v) is 17.3. The minimum absolute atomic E-state index is 0.271. The summed E-state index contributed by atoms with van der Waals surface area (Å²) in [5, 5.41) is 0. The summed E-state index contributed by atoms with van der Waals surface area (Å²) in [6.07, 6.45) is 20.8. The minimum Gasteiger partial charge on any atom is -0.462 e. The summed E-state index contributed by atoms with van der Waals surface area (Å²) in [5.74, 6) is 0.00479. The number of esters is 1. The molecule has 1 aliphatic heterocycles. The van der Waals surface area contributed by atoms with Crippen LogP contribution in [-0.4, -0.2) is 29.9 Å². The first-order chi connectivity index (χ1) is 13.1. The van der Waals surface area contributed by atoms with Crippen molar-refractivity contribution in [2.24, 2.45) is 0 Å². The number of hydrogen-bond donors (Lipinski definition) is 0. The van der Waals surface area contributed by atoms with Crippen molar-refractivity contribution in [3.8, 4) is 0 Å². The van der Waals surface area contributed by atoms with E-state index in [-0.39, 0.29) is 11.9 Å². The fraction of sp³-hybridized carbons (Fsp3) is 0.739. The van der Waals surface area contributed by atoms with Gasteiger partial charge in [-0.15, -0.1) is 0 Å². The zero-order chi connectivity index (χ0) is 19.7. The van der Waals surface area contributed by atoms with Crippen molar-refractivity contribution in [2.75, 3.05) is 13.2 Å². The molecule has 4 heteroatoms. The highest BCUT2D eigenvalue weighted by atomic mass is 16.5. The Morgan fingerprint density at radius 2 is 1.56 bits per heavy atom. The first-order valence-electron chi connectivity index (χ1n) is 10.9. The van der Waals surface area contributed by atoms with Crippen molar-refractivity contribution in [2.45, 2.75) is 96.8 Å². The molecule has 1 amide bonds. The van der Waals surface area contributed by atoms with Crippen molar-refractivity contribution in [3.63, 3.8) is 0 Å². The molecule has 1 fully saturated rings. The lowest BCUT2D eigenvalue weighted by Gasteiger charge is -2.08. The molecule has 0 aliphatic carbocycles. The lowest BCUT2D eigenvalue weighted by Crippen LogP contribution is -2.17. The Morgan fingerprint density at radius 3 is 2.07 bits per heavy atom. The van der Waals surface area contributed by atoms with Crippen LogP contribution in [0.25, 0.3) is 0 Å². The van der Waals surface area contributed by atoms with Crippen molar-refractivity contribution >= 4 is 11.9 Å². The maximum absolute atomic E-state index is 11.5. The smallest absolute Gasteiger partial charge is 0.333 e. The van der Waals surface area contributed by atoms with E-state index in [0.717, 1.165) is 38.6 Å². The van der Waals surface area contributed by atoms with E-state index in [2.05, 4.69) is 12.7 Å². The van der Waals surface area contributed by atoms with Crippen LogP contribution in [0.4, 0.5) is 0 Å². The molecule has 4 nitrogen and oxygen atoms in total. The molecule has 0 aromatic carbocycles. The van der Waals surface area contributed by atoms with Gasteiger partial charge in [-0.05, 0) is 32.6 Å². The van der Waals surface area contributed by atoms with Crippen LogP contribution in [0.3, 0.4) is 0 Å². The summed E-state index contributed by atoms with van der Waals surface area (Å²) >= 11 is 0. The molecule has 0 N–H and O–H groups in total. The number of nitrogens with zero attached hydrogens (tertiary/aromatic N) is 1. The second-order valence-electron chi connectivity index (χ2n) is 7.67. The molecule has 1 heterocycles. The normalized spacial score (nSPS) is 14.3. The molecule has 27 heavy (non-hydrogen) atoms. The molecule has 0 radical (unpaired) electrons. The highest BCUT2D eigenvalue weighted by molar-refractivity contribution is 5.86. The number of carbonyl (C=O) groups excluding carboxylic acids is 2. The highest BCUT2D eigenvalue weighted by Crippen LogP contribution is 2.13. The number of likely N-dealkylation sites (tertiary alicyclic amines) is 1. The molecular weight excluding hydrogens is 338 g/mol. The first-order valence-corrected chi connectivity index (χ1v) is 10.9. The van der Waals surface area contributed by atoms with Gasteiger partial charge in [-0.25, -0.2) is 4.79 Å². The SMILES string of the molecule is C=C(C)C(=O)OCCCCCCCCCCCCCC=CN1CCCC1=O. The molecule has 154 valence electrons. The molecular formula is C23H39NO3. The summed E-state index contributed by atoms with van der Waals surface area (Å²) in [6, 6.07) is 0. The Bertz CT molecular complexity index is 470. The van der Waals surface area contributed by atoms with E-state index in [1.54, 1.807) is 6.92 Å². The predicted molar refractivity (Wildman–Crippen MR) is 111 cm³/mol. The quantitative estimate of drug-likeness (QED) is 0.190. The number of unbranched alkanes of at least 4 members (excludes halogenated alkanes) is 11. The Hall–Kier alpha value is -1.58. The molecule has 1 rings (SSSR count). The lowest BCUT2D eigenvalue weighted by atomic mass is 10.1. The monoisotopic (exact) mass is 377 g/mol. The Kier molecular flexibility index (Phi) is 13.4. The van der Waals surface area contributed by atoms with Gasteiger partial charge in [0.25, 0.3) is 0 Å². The molecule has 0 aromatic rings. The third-order valence-corrected chi connectivity index (χ3v) is 4.99. The van der Waals surface area contributed by atoms with E-state index in [9.17, 15) is 9.59 Å². The van der Waals surface area contributed by atoms with E-state index < -0.39 is 0 Å². The fourth-order valence-electron chi connectivity index (χ4n) is 3.27. The van der Waals surface area contributed by atoms with Gasteiger partial charge in [-0.1, -0.05) is 70.4 Å². The average Bonchev–Trinajstić information content (AvgIpc) is 3.05. The summed E-state index contributed by atoms with van der Waals surface area (Å²) in [7, 11) is 0. The van der Waals surface area contributed by atoms with Crippen LogP contribution in [0.1, 0.15) is 96.8 Å². The molecule has 0 bridgehead atoms. The van der Waals surface area contributed by atoms with E-state index >= 15 is 0 Å². The molecule has 0 aromatic heterocycles. The van der Waals surface area contributed by atoms with E-state index in [1.165, 1.54) is 57.8 Å². The lowest BCUT2D eigenvalue weighted by molar-refractivity contribution is -0.139. The van der Waals surface area contributed by atoms with Crippen LogP contribution < -0.4 is 0 Å². The molecule has 0 spiro atoms. The predicted octanol–water partition coefficient (Wildman–Crippen LogP) is 5.92. The van der Waals surface area contributed by atoms with Crippen LogP contribution in [0.5, 0.6) is 0 Å². The first kappa shape index (κ1) is 23.5. The van der Waals surface area contributed by atoms with Crippen molar-refractivity contribution in [3.05, 3.63) is 24.4 Å². The third kappa shape index (κ3) is 12.4. The van der Waals surface area contributed by atoms with Crippen LogP contribution in [0, 0.1) is 0 Å². The number of carbonyl (C=O) groups is 2. The van der Waals surface area contributed by atoms with Crippen LogP contribution in [0.15, 0.2) is 24.4 Å². The largest absolute Gasteiger partial charge is 0.462 e. The Morgan fingerprint density at radius 1 is 1.00 bits per heavy atom. The highest BCUT2D eigenvalue weighted by Gasteiger charge is 2.16.